The van der Waals surface area contributed by atoms with Crippen molar-refractivity contribution in [2.24, 2.45) is 0 Å². The zero-order valence-electron chi connectivity index (χ0n) is 14.8. The second-order valence-electron chi connectivity index (χ2n) is 6.51. The molecule has 0 amide bonds. The molecule has 27 heavy (non-hydrogen) atoms. The van der Waals surface area contributed by atoms with Crippen LogP contribution in [0.3, 0.4) is 0 Å². The monoisotopic (exact) mass is 349 g/mol. The van der Waals surface area contributed by atoms with Gasteiger partial charge < -0.3 is 5.11 Å². The molecule has 0 saturated carbocycles. The first-order chi connectivity index (χ1) is 13.2. The van der Waals surface area contributed by atoms with Crippen molar-refractivity contribution >= 4 is 10.9 Å². The highest BCUT2D eigenvalue weighted by atomic mass is 16.3. The molecule has 0 aliphatic carbocycles. The molecule has 2 heteroatoms. The third-order valence-electron chi connectivity index (χ3n) is 4.53. The number of aromatic nitrogens is 1. The van der Waals surface area contributed by atoms with Gasteiger partial charge in [-0.05, 0) is 29.8 Å². The van der Waals surface area contributed by atoms with Gasteiger partial charge in [0.1, 0.15) is 0 Å². The summed E-state index contributed by atoms with van der Waals surface area (Å²) in [5.41, 5.74) is 2.05. The van der Waals surface area contributed by atoms with Gasteiger partial charge in [-0.3, -0.25) is 4.98 Å². The minimum absolute atomic E-state index is 0.321. The van der Waals surface area contributed by atoms with Crippen LogP contribution in [0.25, 0.3) is 10.9 Å². The number of pyridine rings is 1. The summed E-state index contributed by atoms with van der Waals surface area (Å²) < 4.78 is 0. The molecule has 4 rings (SSSR count). The second-order valence-corrected chi connectivity index (χ2v) is 6.51. The standard InChI is InChI=1S/C25H19NO/c27-25(22-12-5-2-6-13-22,18-17-20-9-3-1-4-10-20)19-23-16-15-21-11-7-8-14-24(21)26-23/h1-16,27H,19H2/t25-/m0/s1. The second kappa shape index (κ2) is 7.45. The molecule has 2 nitrogen and oxygen atoms in total. The lowest BCUT2D eigenvalue weighted by molar-refractivity contribution is 0.0996. The molecule has 1 heterocycles. The summed E-state index contributed by atoms with van der Waals surface area (Å²) in [4.78, 5) is 4.71. The lowest BCUT2D eigenvalue weighted by Gasteiger charge is -2.23. The van der Waals surface area contributed by atoms with Crippen molar-refractivity contribution in [2.45, 2.75) is 12.0 Å². The minimum Gasteiger partial charge on any atom is -0.373 e. The van der Waals surface area contributed by atoms with Gasteiger partial charge in [0.05, 0.1) is 5.52 Å². The van der Waals surface area contributed by atoms with Crippen LogP contribution in [0.1, 0.15) is 16.8 Å². The highest BCUT2D eigenvalue weighted by molar-refractivity contribution is 5.78. The molecule has 0 unspecified atom stereocenters. The maximum Gasteiger partial charge on any atom is 0.156 e. The number of fused-ring (bicyclic) bond motifs is 1. The molecule has 3 aromatic carbocycles. The highest BCUT2D eigenvalue weighted by Gasteiger charge is 2.28. The average molecular weight is 349 g/mol. The molecule has 0 fully saturated rings. The van der Waals surface area contributed by atoms with Crippen LogP contribution in [0.4, 0.5) is 0 Å². The van der Waals surface area contributed by atoms with Crippen molar-refractivity contribution in [3.05, 3.63) is 114 Å². The average Bonchev–Trinajstić information content (AvgIpc) is 2.74. The van der Waals surface area contributed by atoms with E-state index >= 15 is 0 Å². The molecule has 0 saturated heterocycles. The third-order valence-corrected chi connectivity index (χ3v) is 4.53. The van der Waals surface area contributed by atoms with Crippen molar-refractivity contribution in [3.8, 4) is 11.8 Å². The smallest absolute Gasteiger partial charge is 0.156 e. The first kappa shape index (κ1) is 17.0. The number of hydrogen-bond acceptors (Lipinski definition) is 2. The molecular formula is C25H19NO. The summed E-state index contributed by atoms with van der Waals surface area (Å²) in [6.07, 6.45) is 0.321. The molecule has 1 N–H and O–H groups in total. The van der Waals surface area contributed by atoms with Gasteiger partial charge in [0.15, 0.2) is 5.60 Å². The van der Waals surface area contributed by atoms with Crippen molar-refractivity contribution in [1.82, 2.24) is 4.98 Å². The number of rotatable bonds is 3. The Labute approximate surface area is 159 Å². The van der Waals surface area contributed by atoms with E-state index in [1.165, 1.54) is 0 Å². The number of para-hydroxylation sites is 1. The van der Waals surface area contributed by atoms with Crippen molar-refractivity contribution in [2.75, 3.05) is 0 Å². The zero-order chi connectivity index (χ0) is 18.5. The Balaban J connectivity index is 1.74. The maximum absolute atomic E-state index is 11.5. The van der Waals surface area contributed by atoms with E-state index < -0.39 is 5.60 Å². The Morgan fingerprint density at radius 1 is 0.741 bits per heavy atom. The zero-order valence-corrected chi connectivity index (χ0v) is 14.8. The summed E-state index contributed by atoms with van der Waals surface area (Å²) >= 11 is 0. The van der Waals surface area contributed by atoms with Gasteiger partial charge in [-0.2, -0.15) is 0 Å². The van der Waals surface area contributed by atoms with Crippen LogP contribution >= 0.6 is 0 Å². The van der Waals surface area contributed by atoms with E-state index in [1.807, 2.05) is 97.1 Å². The number of benzene rings is 3. The van der Waals surface area contributed by atoms with Gasteiger partial charge in [0.2, 0.25) is 0 Å². The van der Waals surface area contributed by atoms with Gasteiger partial charge in [-0.25, -0.2) is 0 Å². The molecule has 0 radical (unpaired) electrons. The predicted molar refractivity (Wildman–Crippen MR) is 109 cm³/mol. The van der Waals surface area contributed by atoms with E-state index in [4.69, 9.17) is 4.98 Å². The summed E-state index contributed by atoms with van der Waals surface area (Å²) in [6.45, 7) is 0. The number of nitrogens with zero attached hydrogens (tertiary/aromatic N) is 1. The molecule has 0 spiro atoms. The lowest BCUT2D eigenvalue weighted by atomic mass is 9.89. The number of aliphatic hydroxyl groups is 1. The minimum atomic E-state index is -1.31. The first-order valence-electron chi connectivity index (χ1n) is 8.94. The van der Waals surface area contributed by atoms with Crippen LogP contribution in [-0.2, 0) is 12.0 Å². The van der Waals surface area contributed by atoms with E-state index in [0.29, 0.717) is 6.42 Å². The number of hydrogen-bond donors (Lipinski definition) is 1. The fourth-order valence-electron chi connectivity index (χ4n) is 3.10. The Bertz CT molecular complexity index is 1110. The molecule has 0 aliphatic rings. The van der Waals surface area contributed by atoms with Crippen LogP contribution in [0, 0.1) is 11.8 Å². The summed E-state index contributed by atoms with van der Waals surface area (Å²) in [7, 11) is 0. The molecule has 4 aromatic rings. The van der Waals surface area contributed by atoms with Crippen molar-refractivity contribution in [3.63, 3.8) is 0 Å². The quantitative estimate of drug-likeness (QED) is 0.543. The lowest BCUT2D eigenvalue weighted by Crippen LogP contribution is -2.27. The van der Waals surface area contributed by atoms with E-state index in [-0.39, 0.29) is 0 Å². The van der Waals surface area contributed by atoms with E-state index in [9.17, 15) is 5.11 Å². The topological polar surface area (TPSA) is 33.1 Å². The van der Waals surface area contributed by atoms with Crippen molar-refractivity contribution < 1.29 is 5.11 Å². The van der Waals surface area contributed by atoms with E-state index in [0.717, 1.165) is 27.7 Å². The van der Waals surface area contributed by atoms with Gasteiger partial charge in [0, 0.05) is 23.1 Å². The molecular weight excluding hydrogens is 330 g/mol. The van der Waals surface area contributed by atoms with Crippen LogP contribution in [-0.4, -0.2) is 10.1 Å². The maximum atomic E-state index is 11.5. The van der Waals surface area contributed by atoms with E-state index in [2.05, 4.69) is 11.8 Å². The van der Waals surface area contributed by atoms with Crippen LogP contribution in [0.2, 0.25) is 0 Å². The summed E-state index contributed by atoms with van der Waals surface area (Å²) in [6, 6.07) is 31.3. The first-order valence-corrected chi connectivity index (χ1v) is 8.94. The largest absolute Gasteiger partial charge is 0.373 e. The Morgan fingerprint density at radius 2 is 1.41 bits per heavy atom. The Morgan fingerprint density at radius 3 is 2.19 bits per heavy atom. The van der Waals surface area contributed by atoms with E-state index in [1.54, 1.807) is 0 Å². The Kier molecular flexibility index (Phi) is 4.70. The fourth-order valence-corrected chi connectivity index (χ4v) is 3.10. The normalized spacial score (nSPS) is 12.8. The molecule has 1 aromatic heterocycles. The van der Waals surface area contributed by atoms with Gasteiger partial charge in [0.25, 0.3) is 0 Å². The van der Waals surface area contributed by atoms with Gasteiger partial charge in [-0.1, -0.05) is 84.6 Å². The summed E-state index contributed by atoms with van der Waals surface area (Å²) in [5, 5.41) is 12.5. The predicted octanol–water partition coefficient (Wildman–Crippen LogP) is 4.72. The Hall–Kier alpha value is -3.41. The molecule has 0 bridgehead atoms. The van der Waals surface area contributed by atoms with Gasteiger partial charge in [-0.15, -0.1) is 0 Å². The summed E-state index contributed by atoms with van der Waals surface area (Å²) in [5.74, 6) is 6.20. The third kappa shape index (κ3) is 3.89. The highest BCUT2D eigenvalue weighted by Crippen LogP contribution is 2.26. The SMILES string of the molecule is O[C@@](C#Cc1ccccc1)(Cc1ccc2ccccc2n1)c1ccccc1. The molecule has 0 aliphatic heterocycles. The fraction of sp³-hybridized carbons (Fsp3) is 0.0800. The molecule has 1 atom stereocenters. The van der Waals surface area contributed by atoms with Crippen LogP contribution in [0.5, 0.6) is 0 Å². The molecule has 130 valence electrons. The van der Waals surface area contributed by atoms with Crippen LogP contribution < -0.4 is 0 Å². The van der Waals surface area contributed by atoms with Crippen molar-refractivity contribution in [1.29, 1.82) is 0 Å². The van der Waals surface area contributed by atoms with Crippen LogP contribution in [0.15, 0.2) is 97.1 Å². The van der Waals surface area contributed by atoms with Gasteiger partial charge >= 0.3 is 0 Å².